The minimum atomic E-state index is -0.171. The van der Waals surface area contributed by atoms with Gasteiger partial charge >= 0.3 is 0 Å². The van der Waals surface area contributed by atoms with Crippen LogP contribution >= 0.6 is 11.6 Å². The first-order valence-corrected chi connectivity index (χ1v) is 11.8. The maximum Gasteiger partial charge on any atom is 0.255 e. The van der Waals surface area contributed by atoms with Gasteiger partial charge in [-0.3, -0.25) is 14.3 Å². The van der Waals surface area contributed by atoms with E-state index in [1.807, 2.05) is 67.1 Å². The topological polar surface area (TPSA) is 76.0 Å². The molecule has 0 saturated heterocycles. The van der Waals surface area contributed by atoms with Crippen LogP contribution in [0.3, 0.4) is 0 Å². The second kappa shape index (κ2) is 10.2. The standard InChI is InChI=1S/C26H29ClN4O2/c1-17-24(18(2)31(30-17)16-21-11-5-6-13-23(21)27)26(33)28-15-19-8-7-12-22(14-19)29-25(32)20-9-3-4-10-20/h5-8,11-14,20H,3-4,9-10,15-16H2,1-2H3,(H,28,33)(H,29,32). The van der Waals surface area contributed by atoms with Crippen molar-refractivity contribution in [1.29, 1.82) is 0 Å². The molecule has 1 heterocycles. The number of nitrogens with zero attached hydrogens (tertiary/aromatic N) is 2. The number of nitrogens with one attached hydrogen (secondary N) is 2. The second-order valence-electron chi connectivity index (χ2n) is 8.65. The highest BCUT2D eigenvalue weighted by molar-refractivity contribution is 6.31. The Kier molecular flexibility index (Phi) is 7.14. The van der Waals surface area contributed by atoms with Crippen LogP contribution in [0.1, 0.15) is 58.6 Å². The predicted octanol–water partition coefficient (Wildman–Crippen LogP) is 5.26. The summed E-state index contributed by atoms with van der Waals surface area (Å²) in [6.45, 7) is 4.60. The molecule has 6 nitrogen and oxygen atoms in total. The minimum Gasteiger partial charge on any atom is -0.348 e. The summed E-state index contributed by atoms with van der Waals surface area (Å²) in [5, 5.41) is 11.2. The van der Waals surface area contributed by atoms with Gasteiger partial charge in [0.25, 0.3) is 5.91 Å². The van der Waals surface area contributed by atoms with Crippen LogP contribution in [0.5, 0.6) is 0 Å². The molecule has 2 N–H and O–H groups in total. The van der Waals surface area contributed by atoms with Crippen LogP contribution in [0.4, 0.5) is 5.69 Å². The number of anilines is 1. The summed E-state index contributed by atoms with van der Waals surface area (Å²) >= 11 is 6.29. The van der Waals surface area contributed by atoms with Gasteiger partial charge < -0.3 is 10.6 Å². The maximum atomic E-state index is 13.0. The lowest BCUT2D eigenvalue weighted by molar-refractivity contribution is -0.119. The number of hydrogen-bond donors (Lipinski definition) is 2. The smallest absolute Gasteiger partial charge is 0.255 e. The summed E-state index contributed by atoms with van der Waals surface area (Å²) < 4.78 is 1.81. The maximum absolute atomic E-state index is 13.0. The molecule has 0 aliphatic heterocycles. The Hall–Kier alpha value is -3.12. The van der Waals surface area contributed by atoms with Crippen molar-refractivity contribution in [2.75, 3.05) is 5.32 Å². The van der Waals surface area contributed by atoms with Crippen LogP contribution in [0, 0.1) is 19.8 Å². The van der Waals surface area contributed by atoms with Crippen LogP contribution in [0.25, 0.3) is 0 Å². The van der Waals surface area contributed by atoms with Crippen molar-refractivity contribution >= 4 is 29.1 Å². The van der Waals surface area contributed by atoms with Gasteiger partial charge in [-0.25, -0.2) is 0 Å². The van der Waals surface area contributed by atoms with Gasteiger partial charge in [-0.2, -0.15) is 5.10 Å². The lowest BCUT2D eigenvalue weighted by atomic mass is 10.1. The lowest BCUT2D eigenvalue weighted by Gasteiger charge is -2.12. The molecule has 0 radical (unpaired) electrons. The van der Waals surface area contributed by atoms with Crippen LogP contribution < -0.4 is 10.6 Å². The van der Waals surface area contributed by atoms with Crippen molar-refractivity contribution in [2.45, 2.75) is 52.6 Å². The molecule has 3 aromatic rings. The van der Waals surface area contributed by atoms with Gasteiger partial charge in [0.2, 0.25) is 5.91 Å². The van der Waals surface area contributed by atoms with E-state index in [1.54, 1.807) is 0 Å². The quantitative estimate of drug-likeness (QED) is 0.500. The largest absolute Gasteiger partial charge is 0.348 e. The summed E-state index contributed by atoms with van der Waals surface area (Å²) in [7, 11) is 0. The monoisotopic (exact) mass is 464 g/mol. The van der Waals surface area contributed by atoms with Gasteiger partial charge in [0.1, 0.15) is 0 Å². The highest BCUT2D eigenvalue weighted by Gasteiger charge is 2.23. The van der Waals surface area contributed by atoms with E-state index in [1.165, 1.54) is 0 Å². The van der Waals surface area contributed by atoms with Gasteiger partial charge in [0.15, 0.2) is 0 Å². The molecule has 0 unspecified atom stereocenters. The van der Waals surface area contributed by atoms with Crippen LogP contribution in [-0.2, 0) is 17.9 Å². The number of carbonyl (C=O) groups is 2. The van der Waals surface area contributed by atoms with E-state index in [2.05, 4.69) is 15.7 Å². The number of rotatable bonds is 7. The molecule has 1 aromatic heterocycles. The molecule has 2 amide bonds. The van der Waals surface area contributed by atoms with E-state index in [4.69, 9.17) is 11.6 Å². The molecule has 0 bridgehead atoms. The summed E-state index contributed by atoms with van der Waals surface area (Å²) in [5.74, 6) is 0.0308. The van der Waals surface area contributed by atoms with Crippen LogP contribution in [0.2, 0.25) is 5.02 Å². The normalized spacial score (nSPS) is 13.8. The Bertz CT molecular complexity index is 1160. The Balaban J connectivity index is 1.40. The van der Waals surface area contributed by atoms with Crippen LogP contribution in [0.15, 0.2) is 48.5 Å². The molecule has 1 aliphatic rings. The molecule has 1 fully saturated rings. The number of halogens is 1. The Morgan fingerprint density at radius 1 is 1.09 bits per heavy atom. The molecule has 1 aliphatic carbocycles. The third-order valence-corrected chi connectivity index (χ3v) is 6.63. The number of benzene rings is 2. The van der Waals surface area contributed by atoms with Crippen molar-refractivity contribution in [3.8, 4) is 0 Å². The number of amides is 2. The molecule has 1 saturated carbocycles. The Morgan fingerprint density at radius 3 is 2.61 bits per heavy atom. The Labute approximate surface area is 199 Å². The van der Waals surface area contributed by atoms with Crippen molar-refractivity contribution in [3.63, 3.8) is 0 Å². The number of hydrogen-bond acceptors (Lipinski definition) is 3. The summed E-state index contributed by atoms with van der Waals surface area (Å²) in [6.07, 6.45) is 4.17. The predicted molar refractivity (Wildman–Crippen MR) is 130 cm³/mol. The van der Waals surface area contributed by atoms with Crippen molar-refractivity contribution in [2.24, 2.45) is 5.92 Å². The van der Waals surface area contributed by atoms with Crippen LogP contribution in [-0.4, -0.2) is 21.6 Å². The first kappa shape index (κ1) is 23.1. The zero-order chi connectivity index (χ0) is 23.4. The first-order chi connectivity index (χ1) is 15.9. The highest BCUT2D eigenvalue weighted by atomic mass is 35.5. The fourth-order valence-electron chi connectivity index (χ4n) is 4.43. The molecule has 33 heavy (non-hydrogen) atoms. The molecule has 7 heteroatoms. The van der Waals surface area contributed by atoms with E-state index >= 15 is 0 Å². The fraction of sp³-hybridized carbons (Fsp3) is 0.346. The van der Waals surface area contributed by atoms with E-state index in [9.17, 15) is 9.59 Å². The second-order valence-corrected chi connectivity index (χ2v) is 9.06. The highest BCUT2D eigenvalue weighted by Crippen LogP contribution is 2.26. The molecular formula is C26H29ClN4O2. The molecular weight excluding hydrogens is 436 g/mol. The van der Waals surface area contributed by atoms with E-state index in [0.717, 1.165) is 48.2 Å². The summed E-state index contributed by atoms with van der Waals surface area (Å²) in [5.41, 5.74) is 4.68. The van der Waals surface area contributed by atoms with Gasteiger partial charge in [-0.15, -0.1) is 0 Å². The van der Waals surface area contributed by atoms with Crippen molar-refractivity contribution < 1.29 is 9.59 Å². The number of aryl methyl sites for hydroxylation is 1. The van der Waals surface area contributed by atoms with E-state index in [0.29, 0.717) is 29.4 Å². The molecule has 0 spiro atoms. The zero-order valence-electron chi connectivity index (χ0n) is 19.0. The number of aromatic nitrogens is 2. The number of carbonyl (C=O) groups excluding carboxylic acids is 2. The zero-order valence-corrected chi connectivity index (χ0v) is 19.8. The SMILES string of the molecule is Cc1nn(Cc2ccccc2Cl)c(C)c1C(=O)NCc1cccc(NC(=O)C2CCCC2)c1. The average Bonchev–Trinajstić information content (AvgIpc) is 3.43. The van der Waals surface area contributed by atoms with Crippen molar-refractivity contribution in [3.05, 3.63) is 81.6 Å². The molecule has 2 aromatic carbocycles. The van der Waals surface area contributed by atoms with Crippen molar-refractivity contribution in [1.82, 2.24) is 15.1 Å². The molecule has 0 atom stereocenters. The van der Waals surface area contributed by atoms with E-state index in [-0.39, 0.29) is 17.7 Å². The fourth-order valence-corrected chi connectivity index (χ4v) is 4.63. The van der Waals surface area contributed by atoms with Gasteiger partial charge in [0.05, 0.1) is 17.8 Å². The van der Waals surface area contributed by atoms with E-state index < -0.39 is 0 Å². The third-order valence-electron chi connectivity index (χ3n) is 6.26. The average molecular weight is 465 g/mol. The molecule has 4 rings (SSSR count). The minimum absolute atomic E-state index is 0.0888. The molecule has 172 valence electrons. The van der Waals surface area contributed by atoms with Gasteiger partial charge in [-0.1, -0.05) is 54.8 Å². The first-order valence-electron chi connectivity index (χ1n) is 11.4. The Morgan fingerprint density at radius 2 is 1.85 bits per heavy atom. The lowest BCUT2D eigenvalue weighted by Crippen LogP contribution is -2.24. The summed E-state index contributed by atoms with van der Waals surface area (Å²) in [6, 6.07) is 15.2. The summed E-state index contributed by atoms with van der Waals surface area (Å²) in [4.78, 5) is 25.4. The third kappa shape index (κ3) is 5.45. The van der Waals surface area contributed by atoms with Gasteiger partial charge in [-0.05, 0) is 56.0 Å². The van der Waals surface area contributed by atoms with Gasteiger partial charge in [0, 0.05) is 28.9 Å².